The van der Waals surface area contributed by atoms with Gasteiger partial charge in [0.25, 0.3) is 5.91 Å². The molecule has 10 heteroatoms. The number of carbonyl (C=O) groups is 1. The van der Waals surface area contributed by atoms with E-state index in [-0.39, 0.29) is 11.0 Å². The van der Waals surface area contributed by atoms with Gasteiger partial charge in [-0.05, 0) is 55.5 Å². The van der Waals surface area contributed by atoms with Crippen LogP contribution in [0.15, 0.2) is 48.5 Å². The van der Waals surface area contributed by atoms with Crippen LogP contribution in [-0.4, -0.2) is 37.9 Å². The van der Waals surface area contributed by atoms with Gasteiger partial charge in [0.05, 0.1) is 5.69 Å². The second-order valence-corrected chi connectivity index (χ2v) is 7.97. The van der Waals surface area contributed by atoms with Crippen LogP contribution in [0.5, 0.6) is 0 Å². The van der Waals surface area contributed by atoms with Crippen molar-refractivity contribution in [1.29, 1.82) is 0 Å². The van der Waals surface area contributed by atoms with Crippen LogP contribution in [-0.2, 0) is 0 Å². The first-order valence-corrected chi connectivity index (χ1v) is 10.2. The topological polar surface area (TPSA) is 75.4 Å². The number of hydrogen-bond donors (Lipinski definition) is 1. The van der Waals surface area contributed by atoms with E-state index >= 15 is 0 Å². The molecule has 0 saturated heterocycles. The third-order valence-corrected chi connectivity index (χ3v) is 5.83. The van der Waals surface area contributed by atoms with Gasteiger partial charge < -0.3 is 4.90 Å². The van der Waals surface area contributed by atoms with Gasteiger partial charge in [0.15, 0.2) is 10.9 Å². The fourth-order valence-electron chi connectivity index (χ4n) is 2.73. The number of nitrogens with one attached hydrogen (secondary N) is 1. The molecule has 2 aromatic heterocycles. The number of benzene rings is 2. The summed E-state index contributed by atoms with van der Waals surface area (Å²) in [6.45, 7) is 1.85. The van der Waals surface area contributed by atoms with E-state index in [4.69, 9.17) is 23.8 Å². The molecule has 146 valence electrons. The molecule has 0 fully saturated rings. The second-order valence-electron chi connectivity index (χ2n) is 6.19. The van der Waals surface area contributed by atoms with E-state index < -0.39 is 0 Å². The van der Waals surface area contributed by atoms with Gasteiger partial charge >= 0.3 is 0 Å². The Morgan fingerprint density at radius 3 is 2.62 bits per heavy atom. The summed E-state index contributed by atoms with van der Waals surface area (Å²) in [4.78, 5) is 14.9. The summed E-state index contributed by atoms with van der Waals surface area (Å²) in [5.41, 5.74) is 2.17. The molecule has 0 aliphatic heterocycles. The van der Waals surface area contributed by atoms with Gasteiger partial charge in [-0.2, -0.15) is 9.61 Å². The fraction of sp³-hybridized carbons (Fsp3) is 0.105. The predicted octanol–water partition coefficient (Wildman–Crippen LogP) is 3.97. The molecule has 0 unspecified atom stereocenters. The van der Waals surface area contributed by atoms with Crippen molar-refractivity contribution in [2.75, 3.05) is 11.9 Å². The maximum absolute atomic E-state index is 12.5. The molecular formula is C19H15ClN6OS2. The molecule has 0 radical (unpaired) electrons. The number of carbonyl (C=O) groups excluding carboxylic acids is 1. The van der Waals surface area contributed by atoms with Gasteiger partial charge in [-0.3, -0.25) is 10.1 Å². The van der Waals surface area contributed by atoms with Gasteiger partial charge in [0.2, 0.25) is 4.96 Å². The van der Waals surface area contributed by atoms with Gasteiger partial charge in [0, 0.05) is 23.2 Å². The Morgan fingerprint density at radius 1 is 1.17 bits per heavy atom. The molecule has 0 spiro atoms. The molecule has 4 rings (SSSR count). The van der Waals surface area contributed by atoms with Crippen LogP contribution in [0.4, 0.5) is 5.69 Å². The van der Waals surface area contributed by atoms with Gasteiger partial charge in [-0.15, -0.1) is 10.2 Å². The van der Waals surface area contributed by atoms with Crippen LogP contribution < -0.4 is 10.2 Å². The molecule has 29 heavy (non-hydrogen) atoms. The highest BCUT2D eigenvalue weighted by Gasteiger charge is 2.18. The van der Waals surface area contributed by atoms with Gasteiger partial charge in [-0.25, -0.2) is 0 Å². The van der Waals surface area contributed by atoms with E-state index in [2.05, 4.69) is 20.6 Å². The minimum Gasteiger partial charge on any atom is -0.321 e. The van der Waals surface area contributed by atoms with Crippen LogP contribution in [0, 0.1) is 6.92 Å². The van der Waals surface area contributed by atoms with Crippen LogP contribution >= 0.6 is 35.2 Å². The Balaban J connectivity index is 1.60. The van der Waals surface area contributed by atoms with Crippen molar-refractivity contribution in [3.05, 3.63) is 64.9 Å². The molecule has 0 saturated carbocycles. The lowest BCUT2D eigenvalue weighted by atomic mass is 10.1. The van der Waals surface area contributed by atoms with Gasteiger partial charge in [0.1, 0.15) is 5.01 Å². The normalized spacial score (nSPS) is 10.9. The quantitative estimate of drug-likeness (QED) is 0.484. The summed E-state index contributed by atoms with van der Waals surface area (Å²) < 4.78 is 1.71. The Morgan fingerprint density at radius 2 is 1.90 bits per heavy atom. The van der Waals surface area contributed by atoms with E-state index in [9.17, 15) is 4.79 Å². The lowest BCUT2D eigenvalue weighted by molar-refractivity contribution is 0.0977. The number of fused-ring (bicyclic) bond motifs is 1. The first kappa shape index (κ1) is 19.4. The number of aromatic nitrogens is 4. The number of hydrogen-bond acceptors (Lipinski definition) is 6. The van der Waals surface area contributed by atoms with E-state index in [1.54, 1.807) is 40.7 Å². The smallest absolute Gasteiger partial charge is 0.257 e. The van der Waals surface area contributed by atoms with Crippen molar-refractivity contribution >= 4 is 56.8 Å². The molecule has 7 nitrogen and oxygen atoms in total. The molecule has 4 aromatic rings. The molecule has 0 aliphatic carbocycles. The third-order valence-electron chi connectivity index (χ3n) is 4.27. The number of halogens is 1. The summed E-state index contributed by atoms with van der Waals surface area (Å²) in [6, 6.07) is 14.3. The van der Waals surface area contributed by atoms with Crippen molar-refractivity contribution in [2.45, 2.75) is 6.92 Å². The van der Waals surface area contributed by atoms with Gasteiger partial charge in [-0.1, -0.05) is 35.1 Å². The maximum atomic E-state index is 12.5. The van der Waals surface area contributed by atoms with Crippen LogP contribution in [0.25, 0.3) is 15.5 Å². The number of amides is 1. The zero-order valence-corrected chi connectivity index (χ0v) is 17.8. The van der Waals surface area contributed by atoms with Crippen molar-refractivity contribution in [3.63, 3.8) is 0 Å². The SMILES string of the molecule is Cc1nnc2sc(-c3ccccc3N(C)C(=S)NC(=O)c3ccc(Cl)cc3)nn12. The summed E-state index contributed by atoms with van der Waals surface area (Å²) >= 11 is 12.8. The van der Waals surface area contributed by atoms with E-state index in [0.29, 0.717) is 15.5 Å². The van der Waals surface area contributed by atoms with E-state index in [1.165, 1.54) is 11.3 Å². The molecular weight excluding hydrogens is 428 g/mol. The highest BCUT2D eigenvalue weighted by atomic mass is 35.5. The standard InChI is InChI=1S/C19H15ClN6OS2/c1-11-22-23-19-26(11)24-17(29-19)14-5-3-4-6-15(14)25(2)18(28)21-16(27)12-7-9-13(20)10-8-12/h3-10H,1-2H3,(H,21,27,28). The maximum Gasteiger partial charge on any atom is 0.257 e. The number of thiocarbonyl (C=S) groups is 1. The minimum atomic E-state index is -0.301. The summed E-state index contributed by atoms with van der Waals surface area (Å²) in [5, 5.41) is 17.1. The first-order valence-electron chi connectivity index (χ1n) is 8.57. The zero-order valence-electron chi connectivity index (χ0n) is 15.5. The average molecular weight is 443 g/mol. The van der Waals surface area contributed by atoms with Crippen LogP contribution in [0.1, 0.15) is 16.2 Å². The molecule has 0 aliphatic rings. The highest BCUT2D eigenvalue weighted by molar-refractivity contribution is 7.80. The monoisotopic (exact) mass is 442 g/mol. The molecule has 0 atom stereocenters. The van der Waals surface area contributed by atoms with Crippen molar-refractivity contribution < 1.29 is 4.79 Å². The average Bonchev–Trinajstić information content (AvgIpc) is 3.30. The molecule has 1 amide bonds. The Hall–Kier alpha value is -2.88. The predicted molar refractivity (Wildman–Crippen MR) is 119 cm³/mol. The Kier molecular flexibility index (Phi) is 5.27. The molecule has 2 aromatic carbocycles. The van der Waals surface area contributed by atoms with Crippen molar-refractivity contribution in [3.8, 4) is 10.6 Å². The number of rotatable bonds is 3. The highest BCUT2D eigenvalue weighted by Crippen LogP contribution is 2.33. The number of para-hydroxylation sites is 1. The summed E-state index contributed by atoms with van der Waals surface area (Å²) in [5.74, 6) is 0.421. The Labute approximate surface area is 180 Å². The zero-order chi connectivity index (χ0) is 20.5. The van der Waals surface area contributed by atoms with E-state index in [0.717, 1.165) is 22.1 Å². The van der Waals surface area contributed by atoms with Crippen LogP contribution in [0.3, 0.4) is 0 Å². The molecule has 1 N–H and O–H groups in total. The number of nitrogens with zero attached hydrogens (tertiary/aromatic N) is 5. The summed E-state index contributed by atoms with van der Waals surface area (Å²) in [7, 11) is 1.80. The molecule has 0 bridgehead atoms. The lowest BCUT2D eigenvalue weighted by Gasteiger charge is -2.22. The number of aryl methyl sites for hydroxylation is 1. The number of anilines is 1. The lowest BCUT2D eigenvalue weighted by Crippen LogP contribution is -2.40. The Bertz CT molecular complexity index is 1220. The minimum absolute atomic E-state index is 0.275. The van der Waals surface area contributed by atoms with E-state index in [1.807, 2.05) is 31.2 Å². The largest absolute Gasteiger partial charge is 0.321 e. The van der Waals surface area contributed by atoms with Crippen LogP contribution in [0.2, 0.25) is 5.02 Å². The van der Waals surface area contributed by atoms with Crippen molar-refractivity contribution in [2.24, 2.45) is 0 Å². The molecule has 2 heterocycles. The third kappa shape index (κ3) is 3.84. The first-order chi connectivity index (χ1) is 13.9. The second kappa shape index (κ2) is 7.86. The summed E-state index contributed by atoms with van der Waals surface area (Å²) in [6.07, 6.45) is 0. The fourth-order valence-corrected chi connectivity index (χ4v) is 3.97. The van der Waals surface area contributed by atoms with Crippen molar-refractivity contribution in [1.82, 2.24) is 25.1 Å².